The molecule has 0 amide bonds. The maximum absolute atomic E-state index is 12.8. The van der Waals surface area contributed by atoms with Gasteiger partial charge in [-0.3, -0.25) is 0 Å². The highest BCUT2D eigenvalue weighted by Crippen LogP contribution is 2.10. The Kier molecular flexibility index (Phi) is 4.19. The fourth-order valence-electron chi connectivity index (χ4n) is 1.02. The second-order valence-corrected chi connectivity index (χ2v) is 3.22. The fraction of sp³-hybridized carbons (Fsp3) is 0.182. The Balaban J connectivity index is 3.09. The Morgan fingerprint density at radius 1 is 1.53 bits per heavy atom. The molecule has 4 heteroatoms. The van der Waals surface area contributed by atoms with Crippen LogP contribution in [0.15, 0.2) is 18.2 Å². The second kappa shape index (κ2) is 5.42. The van der Waals surface area contributed by atoms with E-state index in [1.807, 2.05) is 0 Å². The molecular formula is C11H9FO2S. The first-order chi connectivity index (χ1) is 7.15. The fourth-order valence-corrected chi connectivity index (χ4v) is 1.13. The van der Waals surface area contributed by atoms with E-state index < -0.39 is 11.8 Å². The van der Waals surface area contributed by atoms with Gasteiger partial charge in [0.05, 0.1) is 5.56 Å². The van der Waals surface area contributed by atoms with Crippen molar-refractivity contribution >= 4 is 18.6 Å². The van der Waals surface area contributed by atoms with Crippen LogP contribution in [-0.4, -0.2) is 16.8 Å². The van der Waals surface area contributed by atoms with Crippen molar-refractivity contribution in [3.8, 4) is 11.8 Å². The number of carbonyl (C=O) groups is 1. The summed E-state index contributed by atoms with van der Waals surface area (Å²) in [6.07, 6.45) is 0.540. The van der Waals surface area contributed by atoms with E-state index in [1.165, 1.54) is 6.07 Å². The topological polar surface area (TPSA) is 37.3 Å². The van der Waals surface area contributed by atoms with Crippen molar-refractivity contribution in [2.75, 3.05) is 5.75 Å². The highest BCUT2D eigenvalue weighted by Gasteiger charge is 2.08. The number of carboxylic acids is 1. The Hall–Kier alpha value is -1.47. The molecule has 0 aliphatic heterocycles. The zero-order valence-electron chi connectivity index (χ0n) is 7.83. The molecule has 1 aromatic carbocycles. The first-order valence-corrected chi connectivity index (χ1v) is 4.91. The maximum Gasteiger partial charge on any atom is 0.336 e. The Morgan fingerprint density at radius 3 is 2.87 bits per heavy atom. The highest BCUT2D eigenvalue weighted by molar-refractivity contribution is 7.80. The van der Waals surface area contributed by atoms with E-state index in [9.17, 15) is 9.18 Å². The lowest BCUT2D eigenvalue weighted by Gasteiger charge is -1.98. The predicted molar refractivity (Wildman–Crippen MR) is 58.7 cm³/mol. The van der Waals surface area contributed by atoms with Crippen molar-refractivity contribution in [3.05, 3.63) is 35.1 Å². The van der Waals surface area contributed by atoms with Gasteiger partial charge in [-0.25, -0.2) is 9.18 Å². The minimum atomic E-state index is -1.11. The molecule has 15 heavy (non-hydrogen) atoms. The van der Waals surface area contributed by atoms with Crippen molar-refractivity contribution in [3.63, 3.8) is 0 Å². The van der Waals surface area contributed by atoms with Crippen molar-refractivity contribution in [1.29, 1.82) is 0 Å². The molecule has 78 valence electrons. The van der Waals surface area contributed by atoms with Crippen LogP contribution in [0.3, 0.4) is 0 Å². The Morgan fingerprint density at radius 2 is 2.27 bits per heavy atom. The molecule has 1 N–H and O–H groups in total. The summed E-state index contributed by atoms with van der Waals surface area (Å²) in [5, 5.41) is 8.81. The number of rotatable bonds is 2. The third-order valence-corrected chi connectivity index (χ3v) is 1.90. The number of aromatic carboxylic acids is 1. The minimum Gasteiger partial charge on any atom is -0.478 e. The van der Waals surface area contributed by atoms with Crippen LogP contribution in [0.25, 0.3) is 0 Å². The summed E-state index contributed by atoms with van der Waals surface area (Å²) in [4.78, 5) is 10.8. The SMILES string of the molecule is O=C(O)c1ccc(F)cc1C#CCCS. The van der Waals surface area contributed by atoms with E-state index >= 15 is 0 Å². The van der Waals surface area contributed by atoms with Gasteiger partial charge in [-0.05, 0) is 18.2 Å². The van der Waals surface area contributed by atoms with E-state index in [1.54, 1.807) is 0 Å². The lowest BCUT2D eigenvalue weighted by atomic mass is 10.1. The van der Waals surface area contributed by atoms with Gasteiger partial charge in [0.25, 0.3) is 0 Å². The van der Waals surface area contributed by atoms with E-state index in [-0.39, 0.29) is 11.1 Å². The maximum atomic E-state index is 12.8. The third-order valence-electron chi connectivity index (χ3n) is 1.67. The largest absolute Gasteiger partial charge is 0.478 e. The number of hydrogen-bond acceptors (Lipinski definition) is 2. The average molecular weight is 224 g/mol. The number of thiol groups is 1. The molecule has 1 aromatic rings. The van der Waals surface area contributed by atoms with Gasteiger partial charge in [0.2, 0.25) is 0 Å². The van der Waals surface area contributed by atoms with Crippen LogP contribution in [0.2, 0.25) is 0 Å². The number of hydrogen-bond donors (Lipinski definition) is 2. The molecule has 1 rings (SSSR count). The number of benzene rings is 1. The smallest absolute Gasteiger partial charge is 0.336 e. The zero-order valence-corrected chi connectivity index (χ0v) is 8.72. The van der Waals surface area contributed by atoms with Crippen molar-refractivity contribution < 1.29 is 14.3 Å². The van der Waals surface area contributed by atoms with Crippen molar-refractivity contribution in [1.82, 2.24) is 0 Å². The van der Waals surface area contributed by atoms with E-state index in [4.69, 9.17) is 5.11 Å². The summed E-state index contributed by atoms with van der Waals surface area (Å²) >= 11 is 3.96. The van der Waals surface area contributed by atoms with E-state index in [2.05, 4.69) is 24.5 Å². The zero-order chi connectivity index (χ0) is 11.3. The normalized spacial score (nSPS) is 9.20. The lowest BCUT2D eigenvalue weighted by molar-refractivity contribution is 0.0696. The average Bonchev–Trinajstić information content (AvgIpc) is 2.18. The number of carboxylic acid groups (broad SMARTS) is 1. The van der Waals surface area contributed by atoms with Gasteiger partial charge in [-0.1, -0.05) is 11.8 Å². The minimum absolute atomic E-state index is 0.0167. The molecule has 0 aromatic heterocycles. The van der Waals surface area contributed by atoms with Crippen molar-refractivity contribution in [2.45, 2.75) is 6.42 Å². The molecule has 0 spiro atoms. The summed E-state index contributed by atoms with van der Waals surface area (Å²) < 4.78 is 12.8. The summed E-state index contributed by atoms with van der Waals surface area (Å²) in [5.41, 5.74) is 0.215. The summed E-state index contributed by atoms with van der Waals surface area (Å²) in [6, 6.07) is 3.44. The summed E-state index contributed by atoms with van der Waals surface area (Å²) in [5.74, 6) is 4.33. The quantitative estimate of drug-likeness (QED) is 0.597. The summed E-state index contributed by atoms with van der Waals surface area (Å²) in [6.45, 7) is 0. The standard InChI is InChI=1S/C11H9FO2S/c12-9-4-5-10(11(13)14)8(7-9)3-1-2-6-15/h4-5,7,15H,2,6H2,(H,13,14). The molecule has 0 saturated heterocycles. The van der Waals surface area contributed by atoms with Crippen LogP contribution in [-0.2, 0) is 0 Å². The van der Waals surface area contributed by atoms with Gasteiger partial charge in [0.1, 0.15) is 5.82 Å². The van der Waals surface area contributed by atoms with Crippen molar-refractivity contribution in [2.24, 2.45) is 0 Å². The van der Waals surface area contributed by atoms with Gasteiger partial charge < -0.3 is 5.11 Å². The highest BCUT2D eigenvalue weighted by atomic mass is 32.1. The molecule has 0 aliphatic rings. The number of halogens is 1. The molecule has 0 saturated carbocycles. The van der Waals surface area contributed by atoms with Crippen LogP contribution in [0.1, 0.15) is 22.3 Å². The van der Waals surface area contributed by atoms with Crippen LogP contribution < -0.4 is 0 Å². The summed E-state index contributed by atoms with van der Waals surface area (Å²) in [7, 11) is 0. The van der Waals surface area contributed by atoms with Crippen LogP contribution in [0.5, 0.6) is 0 Å². The van der Waals surface area contributed by atoms with Gasteiger partial charge >= 0.3 is 5.97 Å². The molecule has 0 atom stereocenters. The van der Waals surface area contributed by atoms with Crippen LogP contribution >= 0.6 is 12.6 Å². The first-order valence-electron chi connectivity index (χ1n) is 4.27. The third kappa shape index (κ3) is 3.30. The molecule has 0 fully saturated rings. The molecule has 0 bridgehead atoms. The van der Waals surface area contributed by atoms with Gasteiger partial charge in [-0.2, -0.15) is 12.6 Å². The molecule has 0 heterocycles. The predicted octanol–water partition coefficient (Wildman–Crippen LogP) is 2.20. The second-order valence-electron chi connectivity index (χ2n) is 2.77. The van der Waals surface area contributed by atoms with Crippen LogP contribution in [0.4, 0.5) is 4.39 Å². The van der Waals surface area contributed by atoms with E-state index in [0.29, 0.717) is 12.2 Å². The molecule has 0 radical (unpaired) electrons. The van der Waals surface area contributed by atoms with Gasteiger partial charge in [-0.15, -0.1) is 0 Å². The van der Waals surface area contributed by atoms with Gasteiger partial charge in [0.15, 0.2) is 0 Å². The van der Waals surface area contributed by atoms with E-state index in [0.717, 1.165) is 12.1 Å². The molecular weight excluding hydrogens is 215 g/mol. The first kappa shape index (κ1) is 11.6. The Labute approximate surface area is 92.5 Å². The Bertz CT molecular complexity index is 432. The molecule has 0 unspecified atom stereocenters. The van der Waals surface area contributed by atoms with Gasteiger partial charge in [0, 0.05) is 17.7 Å². The lowest BCUT2D eigenvalue weighted by Crippen LogP contribution is -2.00. The molecule has 2 nitrogen and oxygen atoms in total. The van der Waals surface area contributed by atoms with Crippen LogP contribution in [0, 0.1) is 17.7 Å². The molecule has 0 aliphatic carbocycles. The monoisotopic (exact) mass is 224 g/mol.